The molecule has 1 aromatic rings. The lowest BCUT2D eigenvalue weighted by Crippen LogP contribution is -2.47. The van der Waals surface area contributed by atoms with Gasteiger partial charge in [0.05, 0.1) is 17.7 Å². The Labute approximate surface area is 143 Å². The molecule has 3 rings (SSSR count). The van der Waals surface area contributed by atoms with Gasteiger partial charge in [0.15, 0.2) is 0 Å². The summed E-state index contributed by atoms with van der Waals surface area (Å²) in [5, 5.41) is 14.5. The van der Waals surface area contributed by atoms with E-state index in [0.717, 1.165) is 37.5 Å². The van der Waals surface area contributed by atoms with Crippen LogP contribution in [0.2, 0.25) is 5.02 Å². The second kappa shape index (κ2) is 7.73. The molecule has 1 saturated carbocycles. The van der Waals surface area contributed by atoms with Crippen molar-refractivity contribution in [2.75, 3.05) is 33.3 Å². The predicted octanol–water partition coefficient (Wildman–Crippen LogP) is 3.58. The minimum Gasteiger partial charge on any atom is -0.506 e. The SMILES string of the molecule is COc1ccc(Cl)c(O)c1[C@@H](C1CCCCC1)N1CCNCC1. The van der Waals surface area contributed by atoms with Crippen molar-refractivity contribution < 1.29 is 9.84 Å². The minimum absolute atomic E-state index is 0.186. The van der Waals surface area contributed by atoms with Crippen molar-refractivity contribution in [2.24, 2.45) is 5.92 Å². The van der Waals surface area contributed by atoms with Crippen LogP contribution in [0.5, 0.6) is 11.5 Å². The summed E-state index contributed by atoms with van der Waals surface area (Å²) in [6.07, 6.45) is 6.30. The number of methoxy groups -OCH3 is 1. The van der Waals surface area contributed by atoms with Crippen molar-refractivity contribution >= 4 is 11.6 Å². The van der Waals surface area contributed by atoms with Gasteiger partial charge in [-0.3, -0.25) is 4.90 Å². The average Bonchev–Trinajstić information content (AvgIpc) is 2.61. The van der Waals surface area contributed by atoms with E-state index in [0.29, 0.717) is 10.9 Å². The van der Waals surface area contributed by atoms with E-state index in [9.17, 15) is 5.11 Å². The van der Waals surface area contributed by atoms with E-state index in [4.69, 9.17) is 16.3 Å². The number of phenols is 1. The molecular weight excluding hydrogens is 312 g/mol. The van der Waals surface area contributed by atoms with Gasteiger partial charge in [-0.05, 0) is 30.9 Å². The maximum Gasteiger partial charge on any atom is 0.142 e. The molecule has 0 aromatic heterocycles. The zero-order valence-electron chi connectivity index (χ0n) is 13.9. The van der Waals surface area contributed by atoms with Gasteiger partial charge in [0.1, 0.15) is 11.5 Å². The molecule has 1 aliphatic carbocycles. The Bertz CT molecular complexity index is 508. The van der Waals surface area contributed by atoms with Gasteiger partial charge in [-0.25, -0.2) is 0 Å². The lowest BCUT2D eigenvalue weighted by Gasteiger charge is -2.41. The molecule has 2 fully saturated rings. The van der Waals surface area contributed by atoms with Gasteiger partial charge < -0.3 is 15.2 Å². The first-order chi connectivity index (χ1) is 11.2. The van der Waals surface area contributed by atoms with Crippen LogP contribution in [0, 0.1) is 5.92 Å². The number of hydrogen-bond acceptors (Lipinski definition) is 4. The first-order valence-electron chi connectivity index (χ1n) is 8.72. The second-order valence-corrected chi connectivity index (χ2v) is 7.05. The third kappa shape index (κ3) is 3.59. The van der Waals surface area contributed by atoms with Gasteiger partial charge in [-0.2, -0.15) is 0 Å². The summed E-state index contributed by atoms with van der Waals surface area (Å²) in [6.45, 7) is 3.98. The molecule has 0 unspecified atom stereocenters. The summed E-state index contributed by atoms with van der Waals surface area (Å²) in [5.74, 6) is 1.50. The van der Waals surface area contributed by atoms with Crippen molar-refractivity contribution in [3.8, 4) is 11.5 Å². The van der Waals surface area contributed by atoms with Gasteiger partial charge in [0.25, 0.3) is 0 Å². The maximum absolute atomic E-state index is 10.7. The number of ether oxygens (including phenoxy) is 1. The first kappa shape index (κ1) is 16.9. The lowest BCUT2D eigenvalue weighted by atomic mass is 9.79. The Morgan fingerprint density at radius 2 is 1.91 bits per heavy atom. The monoisotopic (exact) mass is 338 g/mol. The van der Waals surface area contributed by atoms with Gasteiger partial charge in [0, 0.05) is 32.2 Å². The number of piperazine rings is 1. The zero-order valence-corrected chi connectivity index (χ0v) is 14.6. The third-order valence-corrected chi connectivity index (χ3v) is 5.59. The molecule has 1 heterocycles. The molecule has 2 aliphatic rings. The van der Waals surface area contributed by atoms with Crippen molar-refractivity contribution in [2.45, 2.75) is 38.1 Å². The number of phenolic OH excluding ortho intramolecular Hbond substituents is 1. The highest BCUT2D eigenvalue weighted by atomic mass is 35.5. The summed E-state index contributed by atoms with van der Waals surface area (Å²) in [7, 11) is 1.67. The molecule has 5 heteroatoms. The molecule has 2 N–H and O–H groups in total. The summed E-state index contributed by atoms with van der Waals surface area (Å²) in [4.78, 5) is 2.50. The number of benzene rings is 1. The number of nitrogens with zero attached hydrogens (tertiary/aromatic N) is 1. The van der Waals surface area contributed by atoms with E-state index in [1.165, 1.54) is 32.1 Å². The Hall–Kier alpha value is -0.970. The fourth-order valence-corrected chi connectivity index (χ4v) is 4.32. The van der Waals surface area contributed by atoms with E-state index >= 15 is 0 Å². The molecule has 1 saturated heterocycles. The van der Waals surface area contributed by atoms with Gasteiger partial charge in [0.2, 0.25) is 0 Å². The number of rotatable bonds is 4. The highest BCUT2D eigenvalue weighted by molar-refractivity contribution is 6.32. The van der Waals surface area contributed by atoms with Crippen molar-refractivity contribution in [3.05, 3.63) is 22.7 Å². The molecule has 0 spiro atoms. The highest BCUT2D eigenvalue weighted by Gasteiger charge is 2.35. The quantitative estimate of drug-likeness (QED) is 0.880. The Balaban J connectivity index is 2.01. The van der Waals surface area contributed by atoms with Gasteiger partial charge >= 0.3 is 0 Å². The van der Waals surface area contributed by atoms with Crippen LogP contribution in [0.25, 0.3) is 0 Å². The van der Waals surface area contributed by atoms with Crippen LogP contribution in [0.3, 0.4) is 0 Å². The van der Waals surface area contributed by atoms with Crippen LogP contribution < -0.4 is 10.1 Å². The van der Waals surface area contributed by atoms with Crippen LogP contribution in [-0.4, -0.2) is 43.3 Å². The van der Waals surface area contributed by atoms with Gasteiger partial charge in [-0.15, -0.1) is 0 Å². The molecule has 1 aromatic carbocycles. The number of hydrogen-bond donors (Lipinski definition) is 2. The Kier molecular flexibility index (Phi) is 5.67. The Morgan fingerprint density at radius 1 is 1.22 bits per heavy atom. The number of aromatic hydroxyl groups is 1. The molecule has 0 radical (unpaired) electrons. The minimum atomic E-state index is 0.186. The molecule has 0 amide bonds. The molecule has 0 bridgehead atoms. The topological polar surface area (TPSA) is 44.7 Å². The largest absolute Gasteiger partial charge is 0.506 e. The van der Waals surface area contributed by atoms with E-state index in [-0.39, 0.29) is 11.8 Å². The van der Waals surface area contributed by atoms with Crippen LogP contribution in [0.15, 0.2) is 12.1 Å². The normalized spacial score (nSPS) is 22.0. The molecule has 128 valence electrons. The molecular formula is C18H27ClN2O2. The average molecular weight is 339 g/mol. The summed E-state index contributed by atoms with van der Waals surface area (Å²) in [6, 6.07) is 3.79. The molecule has 1 aliphatic heterocycles. The lowest BCUT2D eigenvalue weighted by molar-refractivity contribution is 0.0991. The highest BCUT2D eigenvalue weighted by Crippen LogP contribution is 2.47. The second-order valence-electron chi connectivity index (χ2n) is 6.64. The van der Waals surface area contributed by atoms with E-state index in [2.05, 4.69) is 10.2 Å². The summed E-state index contributed by atoms with van der Waals surface area (Å²) in [5.41, 5.74) is 0.883. The molecule has 4 nitrogen and oxygen atoms in total. The first-order valence-corrected chi connectivity index (χ1v) is 9.10. The smallest absolute Gasteiger partial charge is 0.142 e. The summed E-state index contributed by atoms with van der Waals surface area (Å²) < 4.78 is 5.58. The fraction of sp³-hybridized carbons (Fsp3) is 0.667. The van der Waals surface area contributed by atoms with Crippen molar-refractivity contribution in [3.63, 3.8) is 0 Å². The van der Waals surface area contributed by atoms with E-state index in [1.807, 2.05) is 6.07 Å². The van der Waals surface area contributed by atoms with Gasteiger partial charge in [-0.1, -0.05) is 30.9 Å². The van der Waals surface area contributed by atoms with Crippen LogP contribution >= 0.6 is 11.6 Å². The van der Waals surface area contributed by atoms with Crippen LogP contribution in [0.4, 0.5) is 0 Å². The fourth-order valence-electron chi connectivity index (χ4n) is 4.15. The van der Waals surface area contributed by atoms with Crippen LogP contribution in [0.1, 0.15) is 43.7 Å². The summed E-state index contributed by atoms with van der Waals surface area (Å²) >= 11 is 6.23. The van der Waals surface area contributed by atoms with E-state index in [1.54, 1.807) is 13.2 Å². The molecule has 1 atom stereocenters. The maximum atomic E-state index is 10.7. The standard InChI is InChI=1S/C18H27ClN2O2/c1-23-15-8-7-14(19)18(22)16(15)17(13-5-3-2-4-6-13)21-11-9-20-10-12-21/h7-8,13,17,20,22H,2-6,9-12H2,1H3/t17-/m1/s1. The van der Waals surface area contributed by atoms with Crippen molar-refractivity contribution in [1.29, 1.82) is 0 Å². The number of nitrogens with one attached hydrogen (secondary N) is 1. The predicted molar refractivity (Wildman–Crippen MR) is 93.4 cm³/mol. The van der Waals surface area contributed by atoms with Crippen molar-refractivity contribution in [1.82, 2.24) is 10.2 Å². The zero-order chi connectivity index (χ0) is 16.2. The molecule has 23 heavy (non-hydrogen) atoms. The number of halogens is 1. The third-order valence-electron chi connectivity index (χ3n) is 5.28. The van der Waals surface area contributed by atoms with Crippen LogP contribution in [-0.2, 0) is 0 Å². The Morgan fingerprint density at radius 3 is 2.57 bits per heavy atom. The van der Waals surface area contributed by atoms with E-state index < -0.39 is 0 Å².